The normalized spacial score (nSPS) is 22.3. The van der Waals surface area contributed by atoms with Crippen molar-refractivity contribution in [2.45, 2.75) is 38.3 Å². The lowest BCUT2D eigenvalue weighted by atomic mass is 9.83. The van der Waals surface area contributed by atoms with Crippen LogP contribution in [0.15, 0.2) is 30.5 Å². The van der Waals surface area contributed by atoms with Gasteiger partial charge in [-0.3, -0.25) is 4.79 Å². The monoisotopic (exact) mass is 370 g/mol. The van der Waals surface area contributed by atoms with E-state index in [9.17, 15) is 9.90 Å². The van der Waals surface area contributed by atoms with E-state index in [2.05, 4.69) is 20.6 Å². The maximum absolute atomic E-state index is 11.7. The van der Waals surface area contributed by atoms with E-state index in [0.717, 1.165) is 30.5 Å². The van der Waals surface area contributed by atoms with Gasteiger partial charge in [0.05, 0.1) is 6.10 Å². The lowest BCUT2D eigenvalue weighted by Gasteiger charge is -2.32. The number of carbonyl (C=O) groups is 1. The van der Waals surface area contributed by atoms with Crippen molar-refractivity contribution in [2.75, 3.05) is 17.2 Å². The highest BCUT2D eigenvalue weighted by molar-refractivity contribution is 5.98. The summed E-state index contributed by atoms with van der Waals surface area (Å²) >= 11 is 0. The van der Waals surface area contributed by atoms with E-state index in [1.54, 1.807) is 0 Å². The number of anilines is 3. The Morgan fingerprint density at radius 3 is 2.93 bits per heavy atom. The minimum absolute atomic E-state index is 0.140. The van der Waals surface area contributed by atoms with Crippen LogP contribution in [0.2, 0.25) is 0 Å². The van der Waals surface area contributed by atoms with Crippen molar-refractivity contribution in [3.63, 3.8) is 0 Å². The van der Waals surface area contributed by atoms with Crippen molar-refractivity contribution in [3.8, 4) is 0 Å². The Hall–Kier alpha value is -2.71. The summed E-state index contributed by atoms with van der Waals surface area (Å²) in [5.74, 6) is 0.261. The van der Waals surface area contributed by atoms with E-state index < -0.39 is 12.0 Å². The molecule has 1 saturated carbocycles. The minimum Gasteiger partial charge on any atom is -0.392 e. The van der Waals surface area contributed by atoms with Crippen LogP contribution < -0.4 is 22.1 Å². The highest BCUT2D eigenvalue weighted by atomic mass is 16.3. The van der Waals surface area contributed by atoms with Crippen molar-refractivity contribution >= 4 is 23.4 Å². The van der Waals surface area contributed by atoms with Crippen LogP contribution in [0, 0.1) is 12.8 Å². The molecule has 0 unspecified atom stereocenters. The number of benzene rings is 1. The number of hydrogen-bond donors (Lipinski definition) is 5. The summed E-state index contributed by atoms with van der Waals surface area (Å²) < 4.78 is 0. The molecule has 3 rings (SSSR count). The first-order valence-corrected chi connectivity index (χ1v) is 9.12. The zero-order valence-corrected chi connectivity index (χ0v) is 15.4. The Labute approximate surface area is 158 Å². The second-order valence-corrected chi connectivity index (χ2v) is 7.03. The number of aliphatic hydroxyl groups is 1. The van der Waals surface area contributed by atoms with E-state index in [1.807, 2.05) is 31.2 Å². The number of primary amides is 1. The third-order valence-corrected chi connectivity index (χ3v) is 4.92. The molecule has 0 aliphatic heterocycles. The first-order valence-electron chi connectivity index (χ1n) is 9.12. The molecule has 1 fully saturated rings. The van der Waals surface area contributed by atoms with Gasteiger partial charge in [-0.25, -0.2) is 4.98 Å². The summed E-state index contributed by atoms with van der Waals surface area (Å²) in [6.45, 7) is 2.53. The van der Waals surface area contributed by atoms with Gasteiger partial charge < -0.3 is 27.2 Å². The van der Waals surface area contributed by atoms with E-state index >= 15 is 0 Å². The zero-order chi connectivity index (χ0) is 19.4. The molecule has 1 aliphatic rings. The predicted molar refractivity (Wildman–Crippen MR) is 105 cm³/mol. The summed E-state index contributed by atoms with van der Waals surface area (Å²) in [6.07, 6.45) is 3.57. The summed E-state index contributed by atoms with van der Waals surface area (Å²) in [7, 11) is 0. The third-order valence-electron chi connectivity index (χ3n) is 4.92. The van der Waals surface area contributed by atoms with Crippen molar-refractivity contribution in [2.24, 2.45) is 17.4 Å². The first kappa shape index (κ1) is 19.1. The van der Waals surface area contributed by atoms with Gasteiger partial charge in [-0.2, -0.15) is 4.98 Å². The average Bonchev–Trinajstić information content (AvgIpc) is 2.63. The molecule has 0 radical (unpaired) electrons. The molecule has 1 aliphatic carbocycles. The van der Waals surface area contributed by atoms with Crippen molar-refractivity contribution in [1.82, 2.24) is 9.97 Å². The number of aryl methyl sites for hydroxylation is 1. The molecule has 1 heterocycles. The highest BCUT2D eigenvalue weighted by Gasteiger charge is 2.29. The number of rotatable bonds is 6. The molecule has 7 N–H and O–H groups in total. The molecule has 3 atom stereocenters. The molecule has 0 bridgehead atoms. The van der Waals surface area contributed by atoms with Gasteiger partial charge >= 0.3 is 0 Å². The lowest BCUT2D eigenvalue weighted by molar-refractivity contribution is 0.0798. The number of nitrogens with two attached hydrogens (primary N) is 2. The van der Waals surface area contributed by atoms with Crippen molar-refractivity contribution in [3.05, 3.63) is 41.6 Å². The second-order valence-electron chi connectivity index (χ2n) is 7.03. The molecule has 0 saturated heterocycles. The van der Waals surface area contributed by atoms with Crippen LogP contribution in [0.3, 0.4) is 0 Å². The van der Waals surface area contributed by atoms with Crippen LogP contribution in [0.1, 0.15) is 35.2 Å². The summed E-state index contributed by atoms with van der Waals surface area (Å²) in [4.78, 5) is 20.3. The van der Waals surface area contributed by atoms with Gasteiger partial charge in [0.2, 0.25) is 5.95 Å². The third kappa shape index (κ3) is 4.72. The average molecular weight is 370 g/mol. The van der Waals surface area contributed by atoms with Crippen LogP contribution in [-0.2, 0) is 0 Å². The Morgan fingerprint density at radius 1 is 1.37 bits per heavy atom. The van der Waals surface area contributed by atoms with Crippen LogP contribution >= 0.6 is 0 Å². The van der Waals surface area contributed by atoms with Crippen molar-refractivity contribution < 1.29 is 9.90 Å². The first-order chi connectivity index (χ1) is 12.9. The molecule has 27 heavy (non-hydrogen) atoms. The molecule has 1 amide bonds. The lowest BCUT2D eigenvalue weighted by Crippen LogP contribution is -2.46. The minimum atomic E-state index is -0.603. The molecule has 1 aromatic carbocycles. The Bertz CT molecular complexity index is 813. The Morgan fingerprint density at radius 2 is 2.19 bits per heavy atom. The van der Waals surface area contributed by atoms with Crippen LogP contribution in [-0.4, -0.2) is 39.7 Å². The number of hydrogen-bond acceptors (Lipinski definition) is 7. The summed E-state index contributed by atoms with van der Waals surface area (Å²) in [5, 5.41) is 16.2. The topological polar surface area (TPSA) is 139 Å². The molecule has 8 nitrogen and oxygen atoms in total. The highest BCUT2D eigenvalue weighted by Crippen LogP contribution is 2.24. The van der Waals surface area contributed by atoms with Gasteiger partial charge in [-0.15, -0.1) is 0 Å². The molecule has 8 heteroatoms. The van der Waals surface area contributed by atoms with E-state index in [1.165, 1.54) is 6.20 Å². The number of carbonyl (C=O) groups excluding carboxylic acids is 1. The molecule has 144 valence electrons. The largest absolute Gasteiger partial charge is 0.392 e. The fourth-order valence-electron chi connectivity index (χ4n) is 3.35. The number of aromatic nitrogens is 2. The predicted octanol–water partition coefficient (Wildman–Crippen LogP) is 1.53. The van der Waals surface area contributed by atoms with Gasteiger partial charge in [-0.05, 0) is 43.4 Å². The second kappa shape index (κ2) is 8.32. The smallest absolute Gasteiger partial charge is 0.254 e. The number of nitrogens with zero attached hydrogens (tertiary/aromatic N) is 2. The van der Waals surface area contributed by atoms with Gasteiger partial charge in [0.25, 0.3) is 5.91 Å². The van der Waals surface area contributed by atoms with Crippen LogP contribution in [0.5, 0.6) is 0 Å². The maximum atomic E-state index is 11.7. The zero-order valence-electron chi connectivity index (χ0n) is 15.4. The number of aliphatic hydroxyl groups excluding tert-OH is 1. The number of nitrogens with one attached hydrogen (secondary N) is 2. The van der Waals surface area contributed by atoms with Gasteiger partial charge in [0.15, 0.2) is 0 Å². The fraction of sp³-hybridized carbons (Fsp3) is 0.421. The van der Waals surface area contributed by atoms with Crippen LogP contribution in [0.4, 0.5) is 17.5 Å². The van der Waals surface area contributed by atoms with Gasteiger partial charge in [-0.1, -0.05) is 18.6 Å². The molecule has 0 spiro atoms. The van der Waals surface area contributed by atoms with Gasteiger partial charge in [0.1, 0.15) is 11.4 Å². The quantitative estimate of drug-likeness (QED) is 0.519. The summed E-state index contributed by atoms with van der Waals surface area (Å²) in [5.41, 5.74) is 13.6. The van der Waals surface area contributed by atoms with Crippen LogP contribution in [0.25, 0.3) is 0 Å². The standard InChI is InChI=1S/C19H26N6O2/c1-11-4-2-6-13(8-11)24-18-14(17(21)27)10-23-19(25-18)22-9-12-5-3-7-15(26)16(12)20/h2,4,6,8,10,12,15-16,26H,3,5,7,9,20H2,1H3,(H2,21,27)(H2,22,23,24,25)/t12-,15-,16+/m0/s1. The summed E-state index contributed by atoms with van der Waals surface area (Å²) in [6, 6.07) is 7.46. The maximum Gasteiger partial charge on any atom is 0.254 e. The van der Waals surface area contributed by atoms with Gasteiger partial charge in [0, 0.05) is 24.5 Å². The molecule has 1 aromatic heterocycles. The van der Waals surface area contributed by atoms with E-state index in [-0.39, 0.29) is 17.5 Å². The van der Waals surface area contributed by atoms with E-state index in [0.29, 0.717) is 18.3 Å². The molecular formula is C19H26N6O2. The SMILES string of the molecule is Cc1cccc(Nc2nc(NC[C@@H]3CCC[C@H](O)[C@@H]3N)ncc2C(N)=O)c1. The Balaban J connectivity index is 1.75. The number of amides is 1. The molecule has 2 aromatic rings. The molecular weight excluding hydrogens is 344 g/mol. The Kier molecular flexibility index (Phi) is 5.88. The fourth-order valence-corrected chi connectivity index (χ4v) is 3.35. The van der Waals surface area contributed by atoms with Crippen molar-refractivity contribution in [1.29, 1.82) is 0 Å². The van der Waals surface area contributed by atoms with E-state index in [4.69, 9.17) is 11.5 Å².